The van der Waals surface area contributed by atoms with Crippen molar-refractivity contribution in [2.24, 2.45) is 0 Å². The Morgan fingerprint density at radius 1 is 1.13 bits per heavy atom. The van der Waals surface area contributed by atoms with E-state index < -0.39 is 0 Å². The number of thiophene rings is 1. The van der Waals surface area contributed by atoms with Gasteiger partial charge in [-0.05, 0) is 61.2 Å². The third kappa shape index (κ3) is 4.66. The maximum absolute atomic E-state index is 12.6. The molecule has 0 aliphatic carbocycles. The van der Waals surface area contributed by atoms with Crippen LogP contribution in [-0.2, 0) is 4.79 Å². The zero-order valence-electron chi connectivity index (χ0n) is 16.4. The van der Waals surface area contributed by atoms with Crippen molar-refractivity contribution in [2.45, 2.75) is 19.0 Å². The van der Waals surface area contributed by atoms with Gasteiger partial charge < -0.3 is 5.32 Å². The fraction of sp³-hybridized carbons (Fsp3) is 0.136. The van der Waals surface area contributed by atoms with Crippen LogP contribution in [0.25, 0.3) is 16.4 Å². The molecule has 8 heteroatoms. The molecule has 0 spiro atoms. The van der Waals surface area contributed by atoms with E-state index in [0.717, 1.165) is 32.1 Å². The molecule has 2 heterocycles. The van der Waals surface area contributed by atoms with Crippen LogP contribution in [0.4, 0.5) is 5.69 Å². The van der Waals surface area contributed by atoms with Crippen molar-refractivity contribution in [1.29, 1.82) is 0 Å². The zero-order chi connectivity index (χ0) is 21.1. The average molecular weight is 499 g/mol. The molecule has 2 aromatic heterocycles. The van der Waals surface area contributed by atoms with Crippen LogP contribution in [0.1, 0.15) is 11.1 Å². The smallest absolute Gasteiger partial charge is 0.234 e. The van der Waals surface area contributed by atoms with Crippen molar-refractivity contribution >= 4 is 50.6 Å². The van der Waals surface area contributed by atoms with Gasteiger partial charge in [0.25, 0.3) is 0 Å². The molecule has 1 amide bonds. The number of aryl methyl sites for hydroxylation is 2. The fourth-order valence-corrected chi connectivity index (χ4v) is 4.86. The lowest BCUT2D eigenvalue weighted by molar-refractivity contribution is -0.113. The van der Waals surface area contributed by atoms with Gasteiger partial charge >= 0.3 is 0 Å². The number of carbonyl (C=O) groups is 1. The van der Waals surface area contributed by atoms with Crippen LogP contribution >= 0.6 is 39.0 Å². The van der Waals surface area contributed by atoms with E-state index in [0.29, 0.717) is 5.16 Å². The lowest BCUT2D eigenvalue weighted by Gasteiger charge is -2.11. The molecule has 0 unspecified atom stereocenters. The van der Waals surface area contributed by atoms with Crippen molar-refractivity contribution in [1.82, 2.24) is 14.8 Å². The first-order valence-corrected chi connectivity index (χ1v) is 11.9. The Hall–Kier alpha value is -2.42. The molecule has 30 heavy (non-hydrogen) atoms. The Morgan fingerprint density at radius 3 is 2.63 bits per heavy atom. The van der Waals surface area contributed by atoms with Crippen LogP contribution < -0.4 is 5.32 Å². The molecular formula is C22H19BrN4OS2. The highest BCUT2D eigenvalue weighted by Crippen LogP contribution is 2.30. The lowest BCUT2D eigenvalue weighted by atomic mass is 10.2. The number of halogens is 1. The summed E-state index contributed by atoms with van der Waals surface area (Å²) < 4.78 is 2.99. The van der Waals surface area contributed by atoms with Gasteiger partial charge in [-0.3, -0.25) is 9.36 Å². The second-order valence-corrected chi connectivity index (χ2v) is 9.56. The largest absolute Gasteiger partial charge is 0.325 e. The third-order valence-corrected chi connectivity index (χ3v) is 6.75. The molecule has 0 saturated heterocycles. The van der Waals surface area contributed by atoms with Gasteiger partial charge in [0.15, 0.2) is 11.0 Å². The monoisotopic (exact) mass is 498 g/mol. The van der Waals surface area contributed by atoms with Crippen LogP contribution in [-0.4, -0.2) is 26.4 Å². The summed E-state index contributed by atoms with van der Waals surface area (Å²) in [6.45, 7) is 4.02. The zero-order valence-corrected chi connectivity index (χ0v) is 19.6. The first-order valence-electron chi connectivity index (χ1n) is 9.26. The van der Waals surface area contributed by atoms with Crippen molar-refractivity contribution in [2.75, 3.05) is 11.1 Å². The van der Waals surface area contributed by atoms with Gasteiger partial charge in [0.2, 0.25) is 5.91 Å². The van der Waals surface area contributed by atoms with E-state index in [-0.39, 0.29) is 11.7 Å². The van der Waals surface area contributed by atoms with Gasteiger partial charge in [-0.25, -0.2) is 0 Å². The topological polar surface area (TPSA) is 59.8 Å². The van der Waals surface area contributed by atoms with Gasteiger partial charge in [-0.15, -0.1) is 21.5 Å². The number of benzene rings is 2. The summed E-state index contributed by atoms with van der Waals surface area (Å²) in [6, 6.07) is 18.0. The van der Waals surface area contributed by atoms with Crippen molar-refractivity contribution in [3.63, 3.8) is 0 Å². The van der Waals surface area contributed by atoms with Gasteiger partial charge in [0.1, 0.15) is 0 Å². The number of nitrogens with zero attached hydrogens (tertiary/aromatic N) is 3. The van der Waals surface area contributed by atoms with Crippen LogP contribution in [0.5, 0.6) is 0 Å². The second kappa shape index (κ2) is 9.16. The molecule has 0 atom stereocenters. The van der Waals surface area contributed by atoms with E-state index in [4.69, 9.17) is 0 Å². The number of amides is 1. The minimum Gasteiger partial charge on any atom is -0.325 e. The first kappa shape index (κ1) is 20.8. The number of carbonyl (C=O) groups excluding carboxylic acids is 1. The summed E-state index contributed by atoms with van der Waals surface area (Å²) in [5.41, 5.74) is 3.97. The maximum atomic E-state index is 12.6. The summed E-state index contributed by atoms with van der Waals surface area (Å²) in [6.07, 6.45) is 0. The van der Waals surface area contributed by atoms with Gasteiger partial charge in [-0.2, -0.15) is 0 Å². The lowest BCUT2D eigenvalue weighted by Crippen LogP contribution is -2.15. The fourth-order valence-electron chi connectivity index (χ4n) is 2.94. The Balaban J connectivity index is 1.56. The predicted octanol–water partition coefficient (Wildman–Crippen LogP) is 6.11. The van der Waals surface area contributed by atoms with Crippen molar-refractivity contribution < 1.29 is 4.79 Å². The van der Waals surface area contributed by atoms with E-state index in [2.05, 4.69) is 50.5 Å². The minimum absolute atomic E-state index is 0.0819. The summed E-state index contributed by atoms with van der Waals surface area (Å²) in [5.74, 6) is 0.936. The molecule has 152 valence electrons. The normalized spacial score (nSPS) is 10.9. The molecule has 1 N–H and O–H groups in total. The molecule has 0 aliphatic rings. The molecule has 0 fully saturated rings. The average Bonchev–Trinajstić information content (AvgIpc) is 3.39. The Bertz CT molecular complexity index is 1170. The molecule has 0 radical (unpaired) electrons. The summed E-state index contributed by atoms with van der Waals surface area (Å²) >= 11 is 6.43. The highest BCUT2D eigenvalue weighted by Gasteiger charge is 2.18. The second-order valence-electron chi connectivity index (χ2n) is 6.75. The van der Waals surface area contributed by atoms with E-state index in [1.807, 2.05) is 59.3 Å². The highest BCUT2D eigenvalue weighted by atomic mass is 79.9. The predicted molar refractivity (Wildman–Crippen MR) is 128 cm³/mol. The number of hydrogen-bond acceptors (Lipinski definition) is 5. The summed E-state index contributed by atoms with van der Waals surface area (Å²) in [4.78, 5) is 13.6. The molecule has 0 aliphatic heterocycles. The first-order chi connectivity index (χ1) is 14.5. The molecule has 5 nitrogen and oxygen atoms in total. The number of anilines is 1. The molecule has 0 saturated carbocycles. The Kier molecular flexibility index (Phi) is 6.36. The third-order valence-electron chi connectivity index (χ3n) is 4.46. The minimum atomic E-state index is -0.0819. The molecule has 4 rings (SSSR count). The number of hydrogen-bond donors (Lipinski definition) is 1. The number of thioether (sulfide) groups is 1. The standard InChI is InChI=1S/C22H19BrN4OS2/c1-14-5-8-17(9-6-14)27-21(19-4-3-11-29-19)25-26-22(27)30-13-20(28)24-18-10-7-16(23)12-15(18)2/h3-12H,13H2,1-2H3,(H,24,28). The van der Waals surface area contributed by atoms with Crippen molar-refractivity contribution in [3.8, 4) is 16.4 Å². The van der Waals surface area contributed by atoms with E-state index in [1.54, 1.807) is 11.3 Å². The van der Waals surface area contributed by atoms with Crippen LogP contribution in [0.15, 0.2) is 69.6 Å². The highest BCUT2D eigenvalue weighted by molar-refractivity contribution is 9.10. The Labute approximate surface area is 191 Å². The number of rotatable bonds is 6. The van der Waals surface area contributed by atoms with Crippen LogP contribution in [0.3, 0.4) is 0 Å². The van der Waals surface area contributed by atoms with Gasteiger partial charge in [0.05, 0.1) is 10.6 Å². The SMILES string of the molecule is Cc1ccc(-n2c(SCC(=O)Nc3ccc(Br)cc3C)nnc2-c2cccs2)cc1. The molecule has 2 aromatic carbocycles. The molecule has 4 aromatic rings. The van der Waals surface area contributed by atoms with Crippen LogP contribution in [0, 0.1) is 13.8 Å². The van der Waals surface area contributed by atoms with E-state index >= 15 is 0 Å². The Morgan fingerprint density at radius 2 is 1.93 bits per heavy atom. The number of aromatic nitrogens is 3. The van der Waals surface area contributed by atoms with E-state index in [9.17, 15) is 4.79 Å². The molecule has 0 bridgehead atoms. The maximum Gasteiger partial charge on any atom is 0.234 e. The quantitative estimate of drug-likeness (QED) is 0.326. The van der Waals surface area contributed by atoms with Gasteiger partial charge in [0, 0.05) is 15.8 Å². The van der Waals surface area contributed by atoms with E-state index in [1.165, 1.54) is 17.3 Å². The van der Waals surface area contributed by atoms with Gasteiger partial charge in [-0.1, -0.05) is 51.5 Å². The summed E-state index contributed by atoms with van der Waals surface area (Å²) in [7, 11) is 0. The summed E-state index contributed by atoms with van der Waals surface area (Å²) in [5, 5.41) is 14.5. The van der Waals surface area contributed by atoms with Crippen LogP contribution in [0.2, 0.25) is 0 Å². The molecular weight excluding hydrogens is 480 g/mol. The van der Waals surface area contributed by atoms with Crippen molar-refractivity contribution in [3.05, 3.63) is 75.6 Å². The number of nitrogens with one attached hydrogen (secondary N) is 1.